The summed E-state index contributed by atoms with van der Waals surface area (Å²) in [4.78, 5) is 31.0. The van der Waals surface area contributed by atoms with Gasteiger partial charge in [0.2, 0.25) is 0 Å². The number of thiophene rings is 1. The van der Waals surface area contributed by atoms with Crippen molar-refractivity contribution >= 4 is 27.5 Å². The van der Waals surface area contributed by atoms with Gasteiger partial charge in [-0.1, -0.05) is 18.2 Å². The highest BCUT2D eigenvalue weighted by Gasteiger charge is 2.24. The maximum atomic E-state index is 13.1. The Morgan fingerprint density at radius 3 is 2.69 bits per heavy atom. The largest absolute Gasteiger partial charge is 0.496 e. The molecule has 136 valence electrons. The van der Waals surface area contributed by atoms with Crippen molar-refractivity contribution in [2.75, 3.05) is 7.11 Å². The summed E-state index contributed by atoms with van der Waals surface area (Å²) in [6.45, 7) is 5.30. The standard InChI is InChI=1S/C19H20N2O4S/c1-10-12(3)26-17-16(10)18(22)21(11(2)19(23)24)15(20-17)9-13-7-5-6-8-14(13)25-4/h5-8,11H,9H2,1-4H3,(H,23,24). The van der Waals surface area contributed by atoms with Crippen molar-refractivity contribution in [2.45, 2.75) is 33.2 Å². The van der Waals surface area contributed by atoms with Crippen LogP contribution in [0.25, 0.3) is 10.2 Å². The van der Waals surface area contributed by atoms with Crippen LogP contribution in [0, 0.1) is 13.8 Å². The molecule has 0 radical (unpaired) electrons. The average molecular weight is 372 g/mol. The summed E-state index contributed by atoms with van der Waals surface area (Å²) >= 11 is 1.45. The van der Waals surface area contributed by atoms with Gasteiger partial charge >= 0.3 is 5.97 Å². The molecule has 0 aliphatic rings. The molecule has 26 heavy (non-hydrogen) atoms. The van der Waals surface area contributed by atoms with Gasteiger partial charge < -0.3 is 9.84 Å². The van der Waals surface area contributed by atoms with Gasteiger partial charge in [0.15, 0.2) is 0 Å². The van der Waals surface area contributed by atoms with E-state index >= 15 is 0 Å². The van der Waals surface area contributed by atoms with Crippen LogP contribution in [0.5, 0.6) is 5.75 Å². The van der Waals surface area contributed by atoms with Gasteiger partial charge in [-0.05, 0) is 32.4 Å². The number of nitrogens with zero attached hydrogens (tertiary/aromatic N) is 2. The van der Waals surface area contributed by atoms with Crippen LogP contribution in [0.4, 0.5) is 0 Å². The molecule has 1 unspecified atom stereocenters. The van der Waals surface area contributed by atoms with E-state index in [1.165, 1.54) is 22.8 Å². The number of rotatable bonds is 5. The molecule has 2 heterocycles. The Balaban J connectivity index is 2.27. The molecular weight excluding hydrogens is 352 g/mol. The lowest BCUT2D eigenvalue weighted by atomic mass is 10.1. The van der Waals surface area contributed by atoms with Crippen molar-refractivity contribution < 1.29 is 14.6 Å². The van der Waals surface area contributed by atoms with E-state index in [0.717, 1.165) is 16.0 Å². The molecule has 1 aromatic carbocycles. The van der Waals surface area contributed by atoms with Crippen LogP contribution >= 0.6 is 11.3 Å². The van der Waals surface area contributed by atoms with E-state index in [1.807, 2.05) is 38.1 Å². The molecule has 1 N–H and O–H groups in total. The fourth-order valence-corrected chi connectivity index (χ4v) is 4.04. The summed E-state index contributed by atoms with van der Waals surface area (Å²) in [5.41, 5.74) is 1.40. The fraction of sp³-hybridized carbons (Fsp3) is 0.316. The Bertz CT molecular complexity index is 1050. The van der Waals surface area contributed by atoms with E-state index in [2.05, 4.69) is 4.98 Å². The number of fused-ring (bicyclic) bond motifs is 1. The highest BCUT2D eigenvalue weighted by Crippen LogP contribution is 2.28. The van der Waals surface area contributed by atoms with Crippen molar-refractivity contribution in [3.8, 4) is 5.75 Å². The number of methoxy groups -OCH3 is 1. The topological polar surface area (TPSA) is 81.4 Å². The lowest BCUT2D eigenvalue weighted by molar-refractivity contribution is -0.140. The van der Waals surface area contributed by atoms with Gasteiger partial charge in [0.25, 0.3) is 5.56 Å². The van der Waals surface area contributed by atoms with Gasteiger partial charge in [0.05, 0.1) is 12.5 Å². The third-order valence-corrected chi connectivity index (χ3v) is 5.69. The van der Waals surface area contributed by atoms with Crippen LogP contribution in [0.2, 0.25) is 0 Å². The Morgan fingerprint density at radius 2 is 2.04 bits per heavy atom. The minimum Gasteiger partial charge on any atom is -0.496 e. The molecule has 7 heteroatoms. The lowest BCUT2D eigenvalue weighted by Gasteiger charge is -2.17. The normalized spacial score (nSPS) is 12.3. The predicted molar refractivity (Wildman–Crippen MR) is 102 cm³/mol. The van der Waals surface area contributed by atoms with Crippen LogP contribution in [0.1, 0.15) is 34.8 Å². The molecule has 3 aromatic rings. The summed E-state index contributed by atoms with van der Waals surface area (Å²) in [6, 6.07) is 6.44. The molecule has 0 amide bonds. The minimum atomic E-state index is -1.07. The molecule has 0 spiro atoms. The first-order valence-electron chi connectivity index (χ1n) is 8.21. The number of aromatic nitrogens is 2. The molecular formula is C19H20N2O4S. The monoisotopic (exact) mass is 372 g/mol. The third kappa shape index (κ3) is 2.99. The van der Waals surface area contributed by atoms with Crippen LogP contribution in [0.3, 0.4) is 0 Å². The number of para-hydroxylation sites is 1. The maximum Gasteiger partial charge on any atom is 0.326 e. The summed E-state index contributed by atoms with van der Waals surface area (Å²) in [7, 11) is 1.58. The molecule has 3 rings (SSSR count). The van der Waals surface area contributed by atoms with Gasteiger partial charge in [-0.2, -0.15) is 0 Å². The number of aryl methyl sites for hydroxylation is 2. The van der Waals surface area contributed by atoms with Crippen molar-refractivity contribution in [1.29, 1.82) is 0 Å². The van der Waals surface area contributed by atoms with E-state index in [-0.39, 0.29) is 5.56 Å². The zero-order chi connectivity index (χ0) is 19.0. The molecule has 6 nitrogen and oxygen atoms in total. The first-order chi connectivity index (χ1) is 12.3. The number of carboxylic acid groups (broad SMARTS) is 1. The van der Waals surface area contributed by atoms with Crippen LogP contribution in [0.15, 0.2) is 29.1 Å². The zero-order valence-corrected chi connectivity index (χ0v) is 15.9. The zero-order valence-electron chi connectivity index (χ0n) is 15.1. The molecule has 2 aromatic heterocycles. The van der Waals surface area contributed by atoms with Crippen LogP contribution < -0.4 is 10.3 Å². The van der Waals surface area contributed by atoms with Gasteiger partial charge in [0, 0.05) is 16.9 Å². The molecule has 1 atom stereocenters. The van der Waals surface area contributed by atoms with Gasteiger partial charge in [-0.25, -0.2) is 9.78 Å². The molecule has 0 saturated carbocycles. The Morgan fingerprint density at radius 1 is 1.35 bits per heavy atom. The summed E-state index contributed by atoms with van der Waals surface area (Å²) in [6.07, 6.45) is 0.308. The summed E-state index contributed by atoms with van der Waals surface area (Å²) < 4.78 is 6.67. The Hall–Kier alpha value is -2.67. The summed E-state index contributed by atoms with van der Waals surface area (Å²) in [5, 5.41) is 9.99. The highest BCUT2D eigenvalue weighted by molar-refractivity contribution is 7.18. The average Bonchev–Trinajstić information content (AvgIpc) is 2.89. The first-order valence-corrected chi connectivity index (χ1v) is 9.02. The molecule has 0 aliphatic carbocycles. The van der Waals surface area contributed by atoms with Crippen molar-refractivity contribution in [1.82, 2.24) is 9.55 Å². The second-order valence-corrected chi connectivity index (χ2v) is 7.37. The smallest absolute Gasteiger partial charge is 0.326 e. The number of aliphatic carboxylic acids is 1. The van der Waals surface area contributed by atoms with Crippen LogP contribution in [-0.4, -0.2) is 27.7 Å². The van der Waals surface area contributed by atoms with E-state index in [1.54, 1.807) is 7.11 Å². The number of benzene rings is 1. The van der Waals surface area contributed by atoms with E-state index in [9.17, 15) is 14.7 Å². The number of hydrogen-bond donors (Lipinski definition) is 1. The van der Waals surface area contributed by atoms with Crippen molar-refractivity contribution in [3.05, 3.63) is 56.4 Å². The molecule has 0 bridgehead atoms. The second kappa shape index (κ2) is 6.92. The Labute approximate surface area is 154 Å². The van der Waals surface area contributed by atoms with E-state index in [0.29, 0.717) is 28.2 Å². The number of hydrogen-bond acceptors (Lipinski definition) is 5. The predicted octanol–water partition coefficient (Wildman–Crippen LogP) is 3.32. The van der Waals surface area contributed by atoms with E-state index < -0.39 is 12.0 Å². The summed E-state index contributed by atoms with van der Waals surface area (Å²) in [5.74, 6) is 0.0252. The molecule has 0 saturated heterocycles. The SMILES string of the molecule is COc1ccccc1Cc1nc2sc(C)c(C)c2c(=O)n1C(C)C(=O)O. The minimum absolute atomic E-state index is 0.308. The number of ether oxygens (including phenoxy) is 1. The van der Waals surface area contributed by atoms with Gasteiger partial charge in [-0.15, -0.1) is 11.3 Å². The van der Waals surface area contributed by atoms with Crippen molar-refractivity contribution in [3.63, 3.8) is 0 Å². The molecule has 0 fully saturated rings. The molecule has 0 aliphatic heterocycles. The lowest BCUT2D eigenvalue weighted by Crippen LogP contribution is -2.32. The number of carbonyl (C=O) groups is 1. The maximum absolute atomic E-state index is 13.1. The van der Waals surface area contributed by atoms with Crippen molar-refractivity contribution in [2.24, 2.45) is 0 Å². The van der Waals surface area contributed by atoms with E-state index in [4.69, 9.17) is 4.74 Å². The first kappa shape index (κ1) is 18.1. The second-order valence-electron chi connectivity index (χ2n) is 6.17. The van der Waals surface area contributed by atoms with Gasteiger partial charge in [-0.3, -0.25) is 9.36 Å². The third-order valence-electron chi connectivity index (χ3n) is 4.59. The fourth-order valence-electron chi connectivity index (χ4n) is 3.00. The Kier molecular flexibility index (Phi) is 4.82. The van der Waals surface area contributed by atoms with Crippen LogP contribution in [-0.2, 0) is 11.2 Å². The number of carboxylic acids is 1. The van der Waals surface area contributed by atoms with Gasteiger partial charge in [0.1, 0.15) is 22.4 Å². The quantitative estimate of drug-likeness (QED) is 0.743. The highest BCUT2D eigenvalue weighted by atomic mass is 32.1.